The van der Waals surface area contributed by atoms with Crippen LogP contribution in [0.5, 0.6) is 5.75 Å². The summed E-state index contributed by atoms with van der Waals surface area (Å²) < 4.78 is 6.04. The van der Waals surface area contributed by atoms with Crippen molar-refractivity contribution < 1.29 is 47.7 Å². The Morgan fingerprint density at radius 3 is 2.61 bits per heavy atom. The van der Waals surface area contributed by atoms with Crippen molar-refractivity contribution in [1.29, 1.82) is 0 Å². The van der Waals surface area contributed by atoms with E-state index >= 15 is 0 Å². The largest absolute Gasteiger partial charge is 0.493 e. The first-order valence-corrected chi connectivity index (χ1v) is 11.2. The van der Waals surface area contributed by atoms with E-state index in [1.807, 2.05) is 54.6 Å². The van der Waals surface area contributed by atoms with Crippen molar-refractivity contribution in [2.45, 2.75) is 49.7 Å². The van der Waals surface area contributed by atoms with Gasteiger partial charge in [-0.25, -0.2) is 0 Å². The molecule has 3 nitrogen and oxygen atoms in total. The minimum atomic E-state index is -0.591. The normalized spacial score (nSPS) is 24.1. The fraction of sp³-hybridized carbons (Fsp3) is 0.423. The molecule has 0 bridgehead atoms. The SMILES string of the molecule is [CH2-]CC/C=C\C[C@@H]1[C@@H](COc2cccc(C(O)Cc3ccccc3)c2)[C@H](O)C[C@H]1Cl.[Y]. The summed E-state index contributed by atoms with van der Waals surface area (Å²) in [5, 5.41) is 21.0. The number of aliphatic hydroxyl groups is 2. The second-order valence-corrected chi connectivity index (χ2v) is 8.65. The van der Waals surface area contributed by atoms with Gasteiger partial charge in [-0.05, 0) is 42.0 Å². The van der Waals surface area contributed by atoms with Crippen LogP contribution < -0.4 is 4.74 Å². The summed E-state index contributed by atoms with van der Waals surface area (Å²) in [6.07, 6.45) is 7.08. The Morgan fingerprint density at radius 2 is 1.87 bits per heavy atom. The van der Waals surface area contributed by atoms with Gasteiger partial charge in [0.25, 0.3) is 0 Å². The number of alkyl halides is 1. The summed E-state index contributed by atoms with van der Waals surface area (Å²) >= 11 is 6.51. The van der Waals surface area contributed by atoms with E-state index in [9.17, 15) is 10.2 Å². The number of benzene rings is 2. The molecule has 0 amide bonds. The Hall–Kier alpha value is -0.706. The van der Waals surface area contributed by atoms with Crippen molar-refractivity contribution >= 4 is 11.6 Å². The molecule has 1 aliphatic rings. The molecular formula is C26H32ClO3Y-. The molecule has 1 radical (unpaired) electrons. The first-order valence-electron chi connectivity index (χ1n) is 10.8. The Bertz CT molecular complexity index is 798. The van der Waals surface area contributed by atoms with Crippen LogP contribution >= 0.6 is 11.6 Å². The van der Waals surface area contributed by atoms with Crippen LogP contribution in [0.3, 0.4) is 0 Å². The van der Waals surface area contributed by atoms with Crippen molar-refractivity contribution in [3.63, 3.8) is 0 Å². The zero-order valence-electron chi connectivity index (χ0n) is 17.9. The van der Waals surface area contributed by atoms with Gasteiger partial charge in [-0.3, -0.25) is 0 Å². The van der Waals surface area contributed by atoms with Gasteiger partial charge in [0, 0.05) is 50.4 Å². The van der Waals surface area contributed by atoms with Gasteiger partial charge < -0.3 is 21.9 Å². The van der Waals surface area contributed by atoms with Gasteiger partial charge in [-0.2, -0.15) is 6.42 Å². The average Bonchev–Trinajstić information content (AvgIpc) is 3.03. The maximum atomic E-state index is 10.6. The number of unbranched alkanes of at least 4 members (excludes halogenated alkanes) is 1. The molecule has 0 aliphatic heterocycles. The van der Waals surface area contributed by atoms with Crippen LogP contribution in [0.1, 0.15) is 42.9 Å². The molecule has 0 aromatic heterocycles. The van der Waals surface area contributed by atoms with Crippen LogP contribution in [0.2, 0.25) is 0 Å². The number of ether oxygens (including phenoxy) is 1. The molecule has 0 spiro atoms. The molecule has 1 saturated carbocycles. The third-order valence-electron chi connectivity index (χ3n) is 5.88. The topological polar surface area (TPSA) is 49.7 Å². The molecular weight excluding hydrogens is 485 g/mol. The first-order chi connectivity index (χ1) is 14.6. The molecule has 1 unspecified atom stereocenters. The molecule has 1 aliphatic carbocycles. The van der Waals surface area contributed by atoms with Crippen molar-refractivity contribution in [1.82, 2.24) is 0 Å². The summed E-state index contributed by atoms with van der Waals surface area (Å²) in [5.74, 6) is 0.889. The van der Waals surface area contributed by atoms with Crippen molar-refractivity contribution in [2.24, 2.45) is 11.8 Å². The number of hydrogen-bond acceptors (Lipinski definition) is 3. The number of halogens is 1. The predicted octanol–water partition coefficient (Wildman–Crippen LogP) is 5.50. The zero-order chi connectivity index (χ0) is 21.3. The van der Waals surface area contributed by atoms with Crippen molar-refractivity contribution in [3.8, 4) is 5.75 Å². The van der Waals surface area contributed by atoms with Crippen LogP contribution in [0.15, 0.2) is 66.7 Å². The van der Waals surface area contributed by atoms with Crippen molar-refractivity contribution in [2.75, 3.05) is 6.61 Å². The third-order valence-corrected chi connectivity index (χ3v) is 6.38. The van der Waals surface area contributed by atoms with Crippen LogP contribution in [-0.4, -0.2) is 28.3 Å². The second-order valence-electron chi connectivity index (χ2n) is 8.09. The summed E-state index contributed by atoms with van der Waals surface area (Å²) in [6.45, 7) is 4.26. The summed E-state index contributed by atoms with van der Waals surface area (Å²) in [5.41, 5.74) is 1.92. The maximum absolute atomic E-state index is 10.6. The summed E-state index contributed by atoms with van der Waals surface area (Å²) in [4.78, 5) is 0. The molecule has 5 atom stereocenters. The predicted molar refractivity (Wildman–Crippen MR) is 123 cm³/mol. The quantitative estimate of drug-likeness (QED) is 0.249. The zero-order valence-corrected chi connectivity index (χ0v) is 21.5. The minimum absolute atomic E-state index is 0. The fourth-order valence-corrected chi connectivity index (χ4v) is 4.61. The number of allylic oxidation sites excluding steroid dienone is 2. The van der Waals surface area contributed by atoms with Crippen LogP contribution in [0, 0.1) is 18.8 Å². The molecule has 31 heavy (non-hydrogen) atoms. The Kier molecular flexibility index (Phi) is 11.8. The molecule has 2 aromatic rings. The minimum Gasteiger partial charge on any atom is -0.493 e. The Labute approximate surface area is 216 Å². The fourth-order valence-electron chi connectivity index (χ4n) is 4.14. The number of rotatable bonds is 10. The van der Waals surface area contributed by atoms with Crippen LogP contribution in [0.4, 0.5) is 0 Å². The molecule has 0 saturated heterocycles. The standard InChI is InChI=1S/C26H32ClO3.Y/c1-2-3-4-8-14-22-23(26(29)17-24(22)27)18-30-21-13-9-12-20(16-21)25(28)15-19-10-6-5-7-11-19;/h4-13,16,22-26,28-29H,1-3,14-15,17-18H2;/q-1;/b8-4-;/t22-,23-,24-,25?,26-;/m1./s1. The number of hydrogen-bond donors (Lipinski definition) is 2. The molecule has 165 valence electrons. The monoisotopic (exact) mass is 516 g/mol. The van der Waals surface area contributed by atoms with E-state index in [-0.39, 0.29) is 49.9 Å². The van der Waals surface area contributed by atoms with Gasteiger partial charge in [0.05, 0.1) is 18.8 Å². The Morgan fingerprint density at radius 1 is 1.10 bits per heavy atom. The van der Waals surface area contributed by atoms with Crippen LogP contribution in [0.25, 0.3) is 0 Å². The smallest absolute Gasteiger partial charge is 0.119 e. The van der Waals surface area contributed by atoms with Gasteiger partial charge >= 0.3 is 0 Å². The molecule has 2 aromatic carbocycles. The molecule has 2 N–H and O–H groups in total. The second kappa shape index (κ2) is 13.8. The van der Waals surface area contributed by atoms with E-state index in [4.69, 9.17) is 16.3 Å². The van der Waals surface area contributed by atoms with Gasteiger partial charge in [-0.1, -0.05) is 61.0 Å². The molecule has 0 heterocycles. The van der Waals surface area contributed by atoms with Gasteiger partial charge in [0.1, 0.15) is 5.75 Å². The van der Waals surface area contributed by atoms with E-state index in [1.54, 1.807) is 0 Å². The average molecular weight is 517 g/mol. The maximum Gasteiger partial charge on any atom is 0.119 e. The van der Waals surface area contributed by atoms with Gasteiger partial charge in [0.15, 0.2) is 0 Å². The third kappa shape index (κ3) is 7.98. The van der Waals surface area contributed by atoms with E-state index < -0.39 is 12.2 Å². The first kappa shape index (κ1) is 26.5. The molecule has 1 fully saturated rings. The van der Waals surface area contributed by atoms with E-state index in [1.165, 1.54) is 0 Å². The summed E-state index contributed by atoms with van der Waals surface area (Å²) in [7, 11) is 0. The van der Waals surface area contributed by atoms with E-state index in [0.717, 1.165) is 30.4 Å². The van der Waals surface area contributed by atoms with E-state index in [2.05, 4.69) is 19.1 Å². The van der Waals surface area contributed by atoms with Gasteiger partial charge in [0.2, 0.25) is 0 Å². The van der Waals surface area contributed by atoms with Crippen LogP contribution in [-0.2, 0) is 39.1 Å². The molecule has 3 rings (SSSR count). The van der Waals surface area contributed by atoms with Crippen molar-refractivity contribution in [3.05, 3.63) is 84.8 Å². The summed E-state index contributed by atoms with van der Waals surface area (Å²) in [6, 6.07) is 17.5. The molecule has 5 heteroatoms. The van der Waals surface area contributed by atoms with Gasteiger partial charge in [-0.15, -0.1) is 11.6 Å². The van der Waals surface area contributed by atoms with E-state index in [0.29, 0.717) is 25.2 Å². The Balaban J connectivity index is 0.00000341. The number of aliphatic hydroxyl groups excluding tert-OH is 2.